The molecule has 0 aliphatic carbocycles. The third-order valence-electron chi connectivity index (χ3n) is 6.41. The van der Waals surface area contributed by atoms with Gasteiger partial charge in [0.25, 0.3) is 0 Å². The van der Waals surface area contributed by atoms with Crippen LogP contribution in [0.2, 0.25) is 10.0 Å². The molecule has 7 nitrogen and oxygen atoms in total. The highest BCUT2D eigenvalue weighted by Gasteiger charge is 2.22. The maximum atomic E-state index is 11.6. The summed E-state index contributed by atoms with van der Waals surface area (Å²) in [6.45, 7) is 2.55. The highest BCUT2D eigenvalue weighted by atomic mass is 35.5. The van der Waals surface area contributed by atoms with Crippen molar-refractivity contribution in [3.8, 4) is 22.9 Å². The van der Waals surface area contributed by atoms with E-state index in [-0.39, 0.29) is 5.97 Å². The number of methoxy groups -OCH3 is 1. The van der Waals surface area contributed by atoms with Crippen molar-refractivity contribution < 1.29 is 14.3 Å². The third-order valence-corrected chi connectivity index (χ3v) is 6.85. The Kier molecular flexibility index (Phi) is 7.41. The zero-order chi connectivity index (χ0) is 25.1. The van der Waals surface area contributed by atoms with Gasteiger partial charge in [-0.25, -0.2) is 9.97 Å². The van der Waals surface area contributed by atoms with E-state index in [1.807, 2.05) is 42.6 Å². The van der Waals surface area contributed by atoms with Crippen LogP contribution in [0.3, 0.4) is 0 Å². The first kappa shape index (κ1) is 24.6. The molecule has 1 aromatic carbocycles. The van der Waals surface area contributed by atoms with Crippen LogP contribution >= 0.6 is 23.2 Å². The fourth-order valence-corrected chi connectivity index (χ4v) is 5.10. The molecule has 1 aliphatic heterocycles. The number of fused-ring (bicyclic) bond motifs is 1. The van der Waals surface area contributed by atoms with Gasteiger partial charge < -0.3 is 14.5 Å². The fraction of sp³-hybridized carbons (Fsp3) is 0.296. The summed E-state index contributed by atoms with van der Waals surface area (Å²) in [5.41, 5.74) is 3.40. The number of esters is 1. The second kappa shape index (κ2) is 10.9. The van der Waals surface area contributed by atoms with Gasteiger partial charge in [0.2, 0.25) is 5.88 Å². The molecule has 0 atom stereocenters. The van der Waals surface area contributed by atoms with E-state index >= 15 is 0 Å². The van der Waals surface area contributed by atoms with Crippen molar-refractivity contribution in [2.45, 2.75) is 25.8 Å². The van der Waals surface area contributed by atoms with Crippen LogP contribution in [-0.2, 0) is 16.1 Å². The average molecular weight is 525 g/mol. The molecule has 0 saturated carbocycles. The summed E-state index contributed by atoms with van der Waals surface area (Å²) in [6, 6.07) is 13.3. The quantitative estimate of drug-likeness (QED) is 0.278. The number of rotatable bonds is 7. The Labute approximate surface area is 219 Å². The lowest BCUT2D eigenvalue weighted by molar-refractivity contribution is -0.142. The molecule has 1 aliphatic rings. The van der Waals surface area contributed by atoms with Crippen molar-refractivity contribution in [1.29, 1.82) is 0 Å². The Balaban J connectivity index is 1.39. The van der Waals surface area contributed by atoms with Gasteiger partial charge in [0, 0.05) is 46.2 Å². The number of nitrogens with one attached hydrogen (secondary N) is 1. The normalized spacial score (nSPS) is 14.8. The van der Waals surface area contributed by atoms with Crippen molar-refractivity contribution >= 4 is 40.2 Å². The van der Waals surface area contributed by atoms with Crippen molar-refractivity contribution in [2.24, 2.45) is 5.92 Å². The van der Waals surface area contributed by atoms with Crippen LogP contribution in [0.15, 0.2) is 54.9 Å². The molecule has 5 rings (SSSR count). The number of benzene rings is 1. The van der Waals surface area contributed by atoms with Crippen LogP contribution in [-0.4, -0.2) is 46.0 Å². The highest BCUT2D eigenvalue weighted by molar-refractivity contribution is 6.35. The lowest BCUT2D eigenvalue weighted by atomic mass is 9.93. The second-order valence-corrected chi connectivity index (χ2v) is 9.92. The molecule has 0 bridgehead atoms. The smallest absolute Gasteiger partial charge is 0.305 e. The summed E-state index contributed by atoms with van der Waals surface area (Å²) < 4.78 is 11.0. The topological polar surface area (TPSA) is 80.3 Å². The zero-order valence-corrected chi connectivity index (χ0v) is 21.4. The summed E-state index contributed by atoms with van der Waals surface area (Å²) in [5, 5.41) is 2.05. The fourth-order valence-electron chi connectivity index (χ4n) is 4.57. The molecule has 0 radical (unpaired) electrons. The monoisotopic (exact) mass is 524 g/mol. The Morgan fingerprint density at radius 2 is 1.89 bits per heavy atom. The Morgan fingerprint density at radius 1 is 1.11 bits per heavy atom. The SMILES string of the molecule is COC(=O)CC1CCN(Cc2cc(Oc3cnc4[nH]ccc4c3)nc(-c3cc(Cl)cc(Cl)c3)c2)CC1. The minimum absolute atomic E-state index is 0.137. The number of ether oxygens (including phenoxy) is 2. The average Bonchev–Trinajstić information content (AvgIpc) is 3.32. The molecule has 0 unspecified atom stereocenters. The number of aromatic nitrogens is 3. The van der Waals surface area contributed by atoms with Crippen LogP contribution in [0.1, 0.15) is 24.8 Å². The van der Waals surface area contributed by atoms with Crippen molar-refractivity contribution in [1.82, 2.24) is 19.9 Å². The van der Waals surface area contributed by atoms with E-state index in [0.717, 1.165) is 60.3 Å². The molecular formula is C27H26Cl2N4O3. The van der Waals surface area contributed by atoms with Gasteiger partial charge in [-0.05, 0) is 73.8 Å². The number of hydrogen-bond acceptors (Lipinski definition) is 6. The van der Waals surface area contributed by atoms with E-state index in [2.05, 4.69) is 14.9 Å². The molecule has 1 N–H and O–H groups in total. The first-order valence-electron chi connectivity index (χ1n) is 11.8. The molecule has 1 fully saturated rings. The van der Waals surface area contributed by atoms with Crippen molar-refractivity contribution in [3.05, 3.63) is 70.5 Å². The number of hydrogen-bond donors (Lipinski definition) is 1. The van der Waals surface area contributed by atoms with Gasteiger partial charge in [-0.1, -0.05) is 23.2 Å². The molecular weight excluding hydrogens is 499 g/mol. The Morgan fingerprint density at radius 3 is 2.64 bits per heavy atom. The summed E-state index contributed by atoms with van der Waals surface area (Å²) in [6.07, 6.45) is 5.92. The summed E-state index contributed by atoms with van der Waals surface area (Å²) >= 11 is 12.5. The molecule has 9 heteroatoms. The first-order valence-corrected chi connectivity index (χ1v) is 12.6. The van der Waals surface area contributed by atoms with Gasteiger partial charge in [-0.2, -0.15) is 0 Å². The highest BCUT2D eigenvalue weighted by Crippen LogP contribution is 2.31. The van der Waals surface area contributed by atoms with Gasteiger partial charge in [0.1, 0.15) is 11.4 Å². The van der Waals surface area contributed by atoms with E-state index in [9.17, 15) is 4.79 Å². The molecule has 4 heterocycles. The molecule has 1 saturated heterocycles. The lowest BCUT2D eigenvalue weighted by Crippen LogP contribution is -2.34. The van der Waals surface area contributed by atoms with Gasteiger partial charge in [-0.15, -0.1) is 0 Å². The number of carbonyl (C=O) groups excluding carboxylic acids is 1. The van der Waals surface area contributed by atoms with Crippen LogP contribution in [0.5, 0.6) is 11.6 Å². The van der Waals surface area contributed by atoms with Gasteiger partial charge in [0.15, 0.2) is 0 Å². The maximum absolute atomic E-state index is 11.6. The summed E-state index contributed by atoms with van der Waals surface area (Å²) in [7, 11) is 1.44. The molecule has 186 valence electrons. The number of likely N-dealkylation sites (tertiary alicyclic amines) is 1. The van der Waals surface area contributed by atoms with E-state index in [1.165, 1.54) is 7.11 Å². The summed E-state index contributed by atoms with van der Waals surface area (Å²) in [4.78, 5) is 26.3. The molecule has 4 aromatic rings. The van der Waals surface area contributed by atoms with E-state index < -0.39 is 0 Å². The lowest BCUT2D eigenvalue weighted by Gasteiger charge is -2.31. The van der Waals surface area contributed by atoms with Gasteiger partial charge in [-0.3, -0.25) is 9.69 Å². The van der Waals surface area contributed by atoms with Crippen LogP contribution < -0.4 is 4.74 Å². The number of halogens is 2. The second-order valence-electron chi connectivity index (χ2n) is 9.05. The predicted molar refractivity (Wildman–Crippen MR) is 140 cm³/mol. The van der Waals surface area contributed by atoms with E-state index in [4.69, 9.17) is 37.7 Å². The van der Waals surface area contributed by atoms with Crippen molar-refractivity contribution in [3.63, 3.8) is 0 Å². The van der Waals surface area contributed by atoms with Crippen LogP contribution in [0, 0.1) is 5.92 Å². The number of carbonyl (C=O) groups is 1. The largest absolute Gasteiger partial charge is 0.469 e. The minimum Gasteiger partial charge on any atom is -0.469 e. The summed E-state index contributed by atoms with van der Waals surface area (Å²) in [5.74, 6) is 1.30. The number of H-pyrrole nitrogens is 1. The molecule has 36 heavy (non-hydrogen) atoms. The van der Waals surface area contributed by atoms with Gasteiger partial charge >= 0.3 is 5.97 Å². The molecule has 0 spiro atoms. The minimum atomic E-state index is -0.137. The molecule has 0 amide bonds. The van der Waals surface area contributed by atoms with Crippen LogP contribution in [0.25, 0.3) is 22.3 Å². The van der Waals surface area contributed by atoms with Crippen LogP contribution in [0.4, 0.5) is 0 Å². The van der Waals surface area contributed by atoms with Gasteiger partial charge in [0.05, 0.1) is 19.0 Å². The standard InChI is InChI=1S/C27H26Cl2N4O3/c1-35-26(34)10-17-3-6-33(7-4-17)16-18-8-24(20-11-21(28)14-22(29)12-20)32-25(9-18)36-23-13-19-2-5-30-27(19)31-15-23/h2,5,8-9,11-15,17H,3-4,6-7,10,16H2,1H3,(H,30,31). The van der Waals surface area contributed by atoms with E-state index in [0.29, 0.717) is 34.0 Å². The first-order chi connectivity index (χ1) is 17.4. The number of nitrogens with zero attached hydrogens (tertiary/aromatic N) is 3. The Hall–Kier alpha value is -3.13. The van der Waals surface area contributed by atoms with E-state index in [1.54, 1.807) is 12.3 Å². The third kappa shape index (κ3) is 5.98. The number of aromatic amines is 1. The predicted octanol–water partition coefficient (Wildman–Crippen LogP) is 6.50. The molecule has 3 aromatic heterocycles. The van der Waals surface area contributed by atoms with Crippen molar-refractivity contribution in [2.75, 3.05) is 20.2 Å². The maximum Gasteiger partial charge on any atom is 0.305 e. The number of piperidine rings is 1. The Bertz CT molecular complexity index is 1360. The zero-order valence-electron chi connectivity index (χ0n) is 19.8. The number of pyridine rings is 2.